The molecule has 0 unspecified atom stereocenters. The Balaban J connectivity index is 1.99. The highest BCUT2D eigenvalue weighted by atomic mass is 16.1. The Morgan fingerprint density at radius 2 is 2.00 bits per heavy atom. The Bertz CT molecular complexity index is 1120. The third kappa shape index (κ3) is 3.14. The van der Waals surface area contributed by atoms with Crippen LogP contribution in [-0.4, -0.2) is 33.9 Å². The van der Waals surface area contributed by atoms with Gasteiger partial charge in [0.1, 0.15) is 19.8 Å². The van der Waals surface area contributed by atoms with Crippen LogP contribution in [0.3, 0.4) is 0 Å². The molecule has 2 radical (unpaired) electrons. The van der Waals surface area contributed by atoms with E-state index in [0.29, 0.717) is 18.4 Å². The molecule has 6 heteroatoms. The van der Waals surface area contributed by atoms with Crippen LogP contribution in [0.5, 0.6) is 0 Å². The fourth-order valence-electron chi connectivity index (χ4n) is 3.33. The van der Waals surface area contributed by atoms with Crippen molar-refractivity contribution in [1.82, 2.24) is 19.7 Å². The number of aromatic nitrogens is 4. The van der Waals surface area contributed by atoms with E-state index >= 15 is 0 Å². The van der Waals surface area contributed by atoms with Gasteiger partial charge in [0.25, 0.3) is 0 Å². The summed E-state index contributed by atoms with van der Waals surface area (Å²) in [6.45, 7) is 2.55. The summed E-state index contributed by atoms with van der Waals surface area (Å²) in [7, 11) is 5.92. The zero-order valence-corrected chi connectivity index (χ0v) is 15.0. The number of carbonyl (C=O) groups excluding carboxylic acids is 1. The molecular weight excluding hydrogens is 335 g/mol. The number of aryl methyl sites for hydroxylation is 1. The lowest BCUT2D eigenvalue weighted by molar-refractivity contribution is -0.108. The van der Waals surface area contributed by atoms with Gasteiger partial charge in [0, 0.05) is 42.0 Å². The molecule has 0 aliphatic rings. The van der Waals surface area contributed by atoms with Gasteiger partial charge in [-0.15, -0.1) is 0 Å². The van der Waals surface area contributed by atoms with E-state index in [4.69, 9.17) is 12.9 Å². The predicted octanol–water partition coefficient (Wildman–Crippen LogP) is 2.85. The fourth-order valence-corrected chi connectivity index (χ4v) is 3.33. The quantitative estimate of drug-likeness (QED) is 0.409. The maximum absolute atomic E-state index is 10.9. The fraction of sp³-hybridized carbons (Fsp3) is 0.143. The van der Waals surface area contributed by atoms with Crippen LogP contribution in [0.4, 0.5) is 0 Å². The molecule has 0 fully saturated rings. The molecule has 130 valence electrons. The summed E-state index contributed by atoms with van der Waals surface area (Å²) >= 11 is 0. The molecule has 27 heavy (non-hydrogen) atoms. The first-order valence-electron chi connectivity index (χ1n) is 8.76. The number of carbonyl (C=O) groups is 1. The Morgan fingerprint density at radius 1 is 1.11 bits per heavy atom. The number of aldehydes is 1. The molecule has 0 saturated carbocycles. The first kappa shape index (κ1) is 17.2. The second kappa shape index (κ2) is 7.15. The third-order valence-electron chi connectivity index (χ3n) is 4.61. The minimum Gasteiger partial charge on any atom is -0.303 e. The van der Waals surface area contributed by atoms with Crippen molar-refractivity contribution in [2.45, 2.75) is 19.9 Å². The van der Waals surface area contributed by atoms with Crippen molar-refractivity contribution in [3.05, 3.63) is 60.6 Å². The molecule has 1 aromatic carbocycles. The number of benzene rings is 1. The highest BCUT2D eigenvalue weighted by molar-refractivity contribution is 6.33. The van der Waals surface area contributed by atoms with Gasteiger partial charge in [0.05, 0.1) is 11.2 Å². The van der Waals surface area contributed by atoms with Crippen LogP contribution in [0.25, 0.3) is 33.4 Å². The van der Waals surface area contributed by atoms with Crippen molar-refractivity contribution in [1.29, 1.82) is 0 Å². The van der Waals surface area contributed by atoms with Crippen LogP contribution in [0.2, 0.25) is 0 Å². The first-order valence-corrected chi connectivity index (χ1v) is 8.76. The summed E-state index contributed by atoms with van der Waals surface area (Å²) in [6.07, 6.45) is 4.86. The van der Waals surface area contributed by atoms with E-state index in [1.165, 1.54) is 0 Å². The molecule has 0 amide bonds. The summed E-state index contributed by atoms with van der Waals surface area (Å²) in [6, 6.07) is 13.5. The normalized spacial score (nSPS) is 11.0. The Labute approximate surface area is 158 Å². The number of nitrogens with zero attached hydrogens (tertiary/aromatic N) is 4. The third-order valence-corrected chi connectivity index (χ3v) is 4.61. The average molecular weight is 352 g/mol. The van der Waals surface area contributed by atoms with E-state index in [9.17, 15) is 4.79 Å². The van der Waals surface area contributed by atoms with Gasteiger partial charge in [-0.3, -0.25) is 14.6 Å². The second-order valence-corrected chi connectivity index (χ2v) is 6.34. The molecule has 5 nitrogen and oxygen atoms in total. The lowest BCUT2D eigenvalue weighted by Crippen LogP contribution is -2.03. The van der Waals surface area contributed by atoms with Crippen molar-refractivity contribution in [2.24, 2.45) is 0 Å². The van der Waals surface area contributed by atoms with Crippen molar-refractivity contribution in [2.75, 3.05) is 0 Å². The van der Waals surface area contributed by atoms with Crippen LogP contribution >= 0.6 is 0 Å². The zero-order chi connectivity index (χ0) is 18.8. The van der Waals surface area contributed by atoms with Gasteiger partial charge in [-0.2, -0.15) is 5.10 Å². The lowest BCUT2D eigenvalue weighted by atomic mass is 9.92. The second-order valence-electron chi connectivity index (χ2n) is 6.34. The lowest BCUT2D eigenvalue weighted by Gasteiger charge is -2.09. The largest absolute Gasteiger partial charge is 0.303 e. The molecule has 0 aliphatic carbocycles. The van der Waals surface area contributed by atoms with Crippen molar-refractivity contribution in [3.8, 4) is 22.5 Å². The number of hydrogen-bond acceptors (Lipinski definition) is 4. The van der Waals surface area contributed by atoms with E-state index in [0.717, 1.165) is 45.4 Å². The summed E-state index contributed by atoms with van der Waals surface area (Å²) in [5, 5.41) is 5.77. The number of rotatable bonds is 5. The van der Waals surface area contributed by atoms with Crippen LogP contribution in [0, 0.1) is 6.92 Å². The predicted molar refractivity (Wildman–Crippen MR) is 107 cm³/mol. The van der Waals surface area contributed by atoms with E-state index in [2.05, 4.69) is 9.97 Å². The standard InChI is InChI=1S/C21H17BN4O/c1-14-20(17-8-10-24-19-13-15(22)6-7-16(17)19)21(18-5-2-3-9-23-18)25-26(14)11-4-12-27/h2-3,5-10,12-13H,4,11H2,1H3. The van der Waals surface area contributed by atoms with E-state index < -0.39 is 0 Å². The summed E-state index contributed by atoms with van der Waals surface area (Å²) < 4.78 is 1.87. The number of hydrogen-bond donors (Lipinski definition) is 0. The van der Waals surface area contributed by atoms with Gasteiger partial charge in [-0.25, -0.2) is 0 Å². The molecule has 0 spiro atoms. The SMILES string of the molecule is [B]c1ccc2c(-c3c(-c4ccccn4)nn(CCC=O)c3C)ccnc2c1. The maximum Gasteiger partial charge on any atom is 0.121 e. The molecule has 0 atom stereocenters. The van der Waals surface area contributed by atoms with E-state index in [-0.39, 0.29) is 0 Å². The Hall–Kier alpha value is -3.28. The summed E-state index contributed by atoms with van der Waals surface area (Å²) in [5.41, 5.74) is 6.10. The molecule has 0 bridgehead atoms. The Kier molecular flexibility index (Phi) is 4.54. The minimum absolute atomic E-state index is 0.414. The molecule has 0 N–H and O–H groups in total. The average Bonchev–Trinajstić information content (AvgIpc) is 3.02. The molecule has 3 aromatic heterocycles. The van der Waals surface area contributed by atoms with E-state index in [1.54, 1.807) is 12.4 Å². The van der Waals surface area contributed by atoms with Crippen LogP contribution in [0.15, 0.2) is 54.9 Å². The summed E-state index contributed by atoms with van der Waals surface area (Å²) in [4.78, 5) is 19.8. The van der Waals surface area contributed by atoms with E-state index in [1.807, 2.05) is 54.1 Å². The van der Waals surface area contributed by atoms with Crippen molar-refractivity contribution in [3.63, 3.8) is 0 Å². The first-order chi connectivity index (χ1) is 13.2. The molecule has 0 aliphatic heterocycles. The monoisotopic (exact) mass is 352 g/mol. The smallest absolute Gasteiger partial charge is 0.121 e. The minimum atomic E-state index is 0.414. The summed E-state index contributed by atoms with van der Waals surface area (Å²) in [5.74, 6) is 0. The van der Waals surface area contributed by atoms with Crippen molar-refractivity contribution >= 4 is 30.5 Å². The van der Waals surface area contributed by atoms with Crippen molar-refractivity contribution < 1.29 is 4.79 Å². The molecule has 3 heterocycles. The Morgan fingerprint density at radius 3 is 2.78 bits per heavy atom. The molecule has 4 aromatic rings. The van der Waals surface area contributed by atoms with Gasteiger partial charge in [-0.1, -0.05) is 23.7 Å². The van der Waals surface area contributed by atoms with Crippen LogP contribution in [-0.2, 0) is 11.3 Å². The highest BCUT2D eigenvalue weighted by Gasteiger charge is 2.20. The molecule has 0 saturated heterocycles. The number of pyridine rings is 2. The van der Waals surface area contributed by atoms with Gasteiger partial charge in [-0.05, 0) is 36.8 Å². The zero-order valence-electron chi connectivity index (χ0n) is 15.0. The van der Waals surface area contributed by atoms with Gasteiger partial charge < -0.3 is 4.79 Å². The highest BCUT2D eigenvalue weighted by Crippen LogP contribution is 2.36. The molecule has 4 rings (SSSR count). The van der Waals surface area contributed by atoms with Crippen LogP contribution < -0.4 is 5.46 Å². The van der Waals surface area contributed by atoms with Gasteiger partial charge >= 0.3 is 0 Å². The van der Waals surface area contributed by atoms with Crippen LogP contribution in [0.1, 0.15) is 12.1 Å². The number of fused-ring (bicyclic) bond motifs is 1. The van der Waals surface area contributed by atoms with Gasteiger partial charge in [0.15, 0.2) is 0 Å². The van der Waals surface area contributed by atoms with Gasteiger partial charge in [0.2, 0.25) is 0 Å². The molecular formula is C21H17BN4O. The maximum atomic E-state index is 10.9. The topological polar surface area (TPSA) is 60.7 Å².